The zero-order chi connectivity index (χ0) is 23.7. The Bertz CT molecular complexity index is 1290. The van der Waals surface area contributed by atoms with Gasteiger partial charge in [0.15, 0.2) is 11.6 Å². The van der Waals surface area contributed by atoms with E-state index in [1.807, 2.05) is 56.0 Å². The Labute approximate surface area is 199 Å². The molecule has 1 unspecified atom stereocenters. The van der Waals surface area contributed by atoms with E-state index < -0.39 is 5.60 Å². The number of furan rings is 1. The van der Waals surface area contributed by atoms with Gasteiger partial charge in [-0.25, -0.2) is 9.78 Å². The van der Waals surface area contributed by atoms with Gasteiger partial charge in [0.05, 0.1) is 23.3 Å². The van der Waals surface area contributed by atoms with Crippen molar-refractivity contribution in [2.24, 2.45) is 0 Å². The number of para-hydroxylation sites is 2. The summed E-state index contributed by atoms with van der Waals surface area (Å²) in [7, 11) is 0. The first-order chi connectivity index (χ1) is 16.4. The fourth-order valence-corrected chi connectivity index (χ4v) is 4.45. The molecular weight excluding hydrogens is 428 g/mol. The fraction of sp³-hybridized carbons (Fsp3) is 0.333. The maximum absolute atomic E-state index is 12.9. The van der Waals surface area contributed by atoms with Gasteiger partial charge in [0.25, 0.3) is 0 Å². The molecule has 1 amide bonds. The van der Waals surface area contributed by atoms with Gasteiger partial charge in [-0.05, 0) is 56.2 Å². The van der Waals surface area contributed by atoms with Crippen LogP contribution in [0.4, 0.5) is 4.79 Å². The normalized spacial score (nSPS) is 16.7. The van der Waals surface area contributed by atoms with Gasteiger partial charge >= 0.3 is 6.09 Å². The number of ether oxygens (including phenoxy) is 1. The Balaban J connectivity index is 1.47. The van der Waals surface area contributed by atoms with Crippen molar-refractivity contribution in [3.63, 3.8) is 0 Å². The summed E-state index contributed by atoms with van der Waals surface area (Å²) < 4.78 is 13.5. The van der Waals surface area contributed by atoms with E-state index in [0.29, 0.717) is 19.6 Å². The van der Waals surface area contributed by atoms with E-state index >= 15 is 0 Å². The minimum atomic E-state index is -0.529. The smallest absolute Gasteiger partial charge is 0.410 e. The summed E-state index contributed by atoms with van der Waals surface area (Å²) in [6, 6.07) is 20.2. The summed E-state index contributed by atoms with van der Waals surface area (Å²) in [6.07, 6.45) is 1.39. The van der Waals surface area contributed by atoms with Gasteiger partial charge in [0.2, 0.25) is 0 Å². The number of carbonyl (C=O) groups is 1. The average Bonchev–Trinajstić information content (AvgIpc) is 3.47. The van der Waals surface area contributed by atoms with Crippen molar-refractivity contribution < 1.29 is 13.9 Å². The van der Waals surface area contributed by atoms with Crippen LogP contribution in [0.1, 0.15) is 37.9 Å². The molecule has 7 nitrogen and oxygen atoms in total. The zero-order valence-electron chi connectivity index (χ0n) is 19.8. The first-order valence-electron chi connectivity index (χ1n) is 11.7. The van der Waals surface area contributed by atoms with Crippen LogP contribution in [-0.4, -0.2) is 45.8 Å². The molecule has 176 valence electrons. The van der Waals surface area contributed by atoms with Crippen molar-refractivity contribution in [1.29, 1.82) is 0 Å². The van der Waals surface area contributed by atoms with E-state index in [-0.39, 0.29) is 12.1 Å². The van der Waals surface area contributed by atoms with Crippen LogP contribution in [0, 0.1) is 0 Å². The first-order valence-corrected chi connectivity index (χ1v) is 11.7. The number of nitrogens with one attached hydrogen (secondary N) is 1. The number of nitrogens with zero attached hydrogens (tertiary/aromatic N) is 3. The quantitative estimate of drug-likeness (QED) is 0.454. The number of benzene rings is 2. The molecule has 0 aliphatic carbocycles. The van der Waals surface area contributed by atoms with Crippen molar-refractivity contribution in [2.75, 3.05) is 19.6 Å². The number of carbonyl (C=O) groups excluding carboxylic acids is 1. The van der Waals surface area contributed by atoms with Gasteiger partial charge in [0.1, 0.15) is 5.60 Å². The van der Waals surface area contributed by atoms with Crippen LogP contribution < -0.4 is 5.32 Å². The number of fused-ring (bicyclic) bond motifs is 1. The first kappa shape index (κ1) is 22.2. The van der Waals surface area contributed by atoms with Gasteiger partial charge in [-0.3, -0.25) is 4.90 Å². The van der Waals surface area contributed by atoms with Crippen molar-refractivity contribution >= 4 is 17.1 Å². The monoisotopic (exact) mass is 458 g/mol. The predicted molar refractivity (Wildman–Crippen MR) is 132 cm³/mol. The molecule has 1 aliphatic rings. The molecule has 2 aromatic carbocycles. The van der Waals surface area contributed by atoms with Crippen LogP contribution >= 0.6 is 0 Å². The lowest BCUT2D eigenvalue weighted by molar-refractivity contribution is 0.0118. The second-order valence-electron chi connectivity index (χ2n) is 9.63. The molecule has 0 radical (unpaired) electrons. The van der Waals surface area contributed by atoms with Crippen LogP contribution in [0.3, 0.4) is 0 Å². The topological polar surface area (TPSA) is 72.5 Å². The molecular formula is C27H30N4O3. The molecule has 3 heterocycles. The molecule has 1 aliphatic heterocycles. The van der Waals surface area contributed by atoms with Gasteiger partial charge in [-0.15, -0.1) is 0 Å². The number of hydrogen-bond donors (Lipinski definition) is 1. The Morgan fingerprint density at radius 2 is 2.00 bits per heavy atom. The van der Waals surface area contributed by atoms with Gasteiger partial charge in [-0.1, -0.05) is 36.4 Å². The van der Waals surface area contributed by atoms with E-state index in [1.165, 1.54) is 0 Å². The SMILES string of the molecule is CC(C)(C)OC(=O)N1CCNCC1c1cccc(Cn2c(-c3ccco3)nc3ccccc32)c1. The van der Waals surface area contributed by atoms with Crippen LogP contribution in [-0.2, 0) is 11.3 Å². The zero-order valence-corrected chi connectivity index (χ0v) is 19.8. The lowest BCUT2D eigenvalue weighted by Gasteiger charge is -2.37. The van der Waals surface area contributed by atoms with E-state index in [9.17, 15) is 4.79 Å². The van der Waals surface area contributed by atoms with E-state index in [2.05, 4.69) is 40.2 Å². The second kappa shape index (κ2) is 8.99. The molecule has 0 saturated carbocycles. The molecule has 34 heavy (non-hydrogen) atoms. The minimum absolute atomic E-state index is 0.0902. The maximum atomic E-state index is 12.9. The van der Waals surface area contributed by atoms with Gasteiger partial charge < -0.3 is 19.0 Å². The molecule has 7 heteroatoms. The number of hydrogen-bond acceptors (Lipinski definition) is 5. The molecule has 4 aromatic rings. The Morgan fingerprint density at radius 1 is 1.15 bits per heavy atom. The van der Waals surface area contributed by atoms with E-state index in [4.69, 9.17) is 14.1 Å². The van der Waals surface area contributed by atoms with Crippen molar-refractivity contribution in [3.8, 4) is 11.6 Å². The maximum Gasteiger partial charge on any atom is 0.410 e. The third-order valence-corrected chi connectivity index (χ3v) is 5.94. The van der Waals surface area contributed by atoms with Gasteiger partial charge in [-0.2, -0.15) is 0 Å². The summed E-state index contributed by atoms with van der Waals surface area (Å²) in [5, 5.41) is 3.42. The van der Waals surface area contributed by atoms with Crippen molar-refractivity contribution in [2.45, 2.75) is 39.0 Å². The summed E-state index contributed by atoms with van der Waals surface area (Å²) in [4.78, 5) is 19.6. The predicted octanol–water partition coefficient (Wildman–Crippen LogP) is 5.23. The summed E-state index contributed by atoms with van der Waals surface area (Å²) in [5.41, 5.74) is 3.66. The number of imidazole rings is 1. The highest BCUT2D eigenvalue weighted by molar-refractivity contribution is 5.80. The van der Waals surface area contributed by atoms with Crippen LogP contribution in [0.25, 0.3) is 22.6 Å². The molecule has 5 rings (SSSR count). The van der Waals surface area contributed by atoms with Crippen molar-refractivity contribution in [3.05, 3.63) is 78.1 Å². The fourth-order valence-electron chi connectivity index (χ4n) is 4.45. The Kier molecular flexibility index (Phi) is 5.87. The van der Waals surface area contributed by atoms with Crippen LogP contribution in [0.2, 0.25) is 0 Å². The summed E-state index contributed by atoms with van der Waals surface area (Å²) in [5.74, 6) is 1.53. The number of amides is 1. The lowest BCUT2D eigenvalue weighted by atomic mass is 10.0. The molecule has 0 bridgehead atoms. The molecule has 2 aromatic heterocycles. The minimum Gasteiger partial charge on any atom is -0.461 e. The Morgan fingerprint density at radius 3 is 2.79 bits per heavy atom. The standard InChI is InChI=1S/C27H30N4O3/c1-27(2,3)34-26(32)30-14-13-28-17-23(30)20-9-6-8-19(16-20)18-31-22-11-5-4-10-21(22)29-25(31)24-12-7-15-33-24/h4-12,15-16,23,28H,13-14,17-18H2,1-3H3. The van der Waals surface area contributed by atoms with Crippen molar-refractivity contribution in [1.82, 2.24) is 19.8 Å². The third kappa shape index (κ3) is 4.56. The Hall–Kier alpha value is -3.58. The molecule has 1 N–H and O–H groups in total. The summed E-state index contributed by atoms with van der Waals surface area (Å²) in [6.45, 7) is 8.38. The number of piperazine rings is 1. The van der Waals surface area contributed by atoms with Crippen LogP contribution in [0.15, 0.2) is 71.3 Å². The number of aromatic nitrogens is 2. The third-order valence-electron chi connectivity index (χ3n) is 5.94. The van der Waals surface area contributed by atoms with E-state index in [1.54, 1.807) is 6.26 Å². The highest BCUT2D eigenvalue weighted by Crippen LogP contribution is 2.29. The molecule has 1 atom stereocenters. The highest BCUT2D eigenvalue weighted by atomic mass is 16.6. The lowest BCUT2D eigenvalue weighted by Crippen LogP contribution is -2.50. The second-order valence-corrected chi connectivity index (χ2v) is 9.63. The van der Waals surface area contributed by atoms with E-state index in [0.717, 1.165) is 40.3 Å². The molecule has 1 saturated heterocycles. The number of rotatable bonds is 4. The van der Waals surface area contributed by atoms with Gasteiger partial charge in [0, 0.05) is 26.2 Å². The van der Waals surface area contributed by atoms with Crippen LogP contribution in [0.5, 0.6) is 0 Å². The average molecular weight is 459 g/mol. The summed E-state index contributed by atoms with van der Waals surface area (Å²) >= 11 is 0. The molecule has 0 spiro atoms. The largest absolute Gasteiger partial charge is 0.461 e. The molecule has 1 fully saturated rings. The highest BCUT2D eigenvalue weighted by Gasteiger charge is 2.31.